The van der Waals surface area contributed by atoms with Gasteiger partial charge in [0.05, 0.1) is 32.1 Å². The highest BCUT2D eigenvalue weighted by atomic mass is 32.2. The highest BCUT2D eigenvalue weighted by Gasteiger charge is 2.37. The van der Waals surface area contributed by atoms with Crippen LogP contribution in [0.5, 0.6) is 17.2 Å². The normalized spacial score (nSPS) is 16.7. The molecule has 0 radical (unpaired) electrons. The van der Waals surface area contributed by atoms with Gasteiger partial charge in [0.15, 0.2) is 0 Å². The van der Waals surface area contributed by atoms with Crippen LogP contribution in [0.15, 0.2) is 42.5 Å². The minimum atomic E-state index is -2.93. The highest BCUT2D eigenvalue weighted by Crippen LogP contribution is 2.47. The van der Waals surface area contributed by atoms with E-state index >= 15 is 0 Å². The third-order valence-corrected chi connectivity index (χ3v) is 5.43. The maximum atomic E-state index is 12.7. The molecule has 0 bridgehead atoms. The fraction of sp³-hybridized carbons (Fsp3) is 0.316. The monoisotopic (exact) mass is 395 g/mol. The molecule has 0 spiro atoms. The second kappa shape index (κ2) is 8.47. The largest absolute Gasteiger partial charge is 0.496 e. The first-order valence-corrected chi connectivity index (χ1v) is 9.24. The van der Waals surface area contributed by atoms with Crippen molar-refractivity contribution in [3.05, 3.63) is 53.6 Å². The van der Waals surface area contributed by atoms with E-state index in [1.165, 1.54) is 17.8 Å². The lowest BCUT2D eigenvalue weighted by Gasteiger charge is -2.27. The van der Waals surface area contributed by atoms with Crippen molar-refractivity contribution in [1.82, 2.24) is 4.90 Å². The molecule has 8 heteroatoms. The quantitative estimate of drug-likeness (QED) is 0.707. The van der Waals surface area contributed by atoms with Gasteiger partial charge in [-0.15, -0.1) is 11.8 Å². The van der Waals surface area contributed by atoms with Crippen LogP contribution in [0.3, 0.4) is 0 Å². The summed E-state index contributed by atoms with van der Waals surface area (Å²) in [6.07, 6.45) is 0. The van der Waals surface area contributed by atoms with Gasteiger partial charge in [0.2, 0.25) is 5.91 Å². The van der Waals surface area contributed by atoms with Crippen LogP contribution in [0.1, 0.15) is 16.5 Å². The molecule has 2 aromatic carbocycles. The summed E-state index contributed by atoms with van der Waals surface area (Å²) in [5.74, 6) is 1.45. The molecule has 1 amide bonds. The number of halogens is 2. The van der Waals surface area contributed by atoms with Crippen LogP contribution >= 0.6 is 11.8 Å². The van der Waals surface area contributed by atoms with Crippen LogP contribution in [-0.4, -0.2) is 37.4 Å². The second-order valence-corrected chi connectivity index (χ2v) is 6.82. The second-order valence-electron chi connectivity index (χ2n) is 5.75. The summed E-state index contributed by atoms with van der Waals surface area (Å²) in [7, 11) is 3.10. The Balaban J connectivity index is 1.96. The molecule has 1 fully saturated rings. The Bertz CT molecular complexity index is 796. The Hall–Kier alpha value is -2.48. The Morgan fingerprint density at radius 1 is 1.07 bits per heavy atom. The number of thioether (sulfide) groups is 1. The summed E-state index contributed by atoms with van der Waals surface area (Å²) in [5, 5.41) is -0.358. The molecule has 1 aliphatic rings. The molecule has 2 aromatic rings. The molecule has 1 unspecified atom stereocenters. The van der Waals surface area contributed by atoms with E-state index in [4.69, 9.17) is 9.47 Å². The Kier molecular flexibility index (Phi) is 6.05. The topological polar surface area (TPSA) is 48.0 Å². The van der Waals surface area contributed by atoms with Crippen molar-refractivity contribution < 1.29 is 27.8 Å². The number of nitrogens with zero attached hydrogens (tertiary/aromatic N) is 1. The number of ether oxygens (including phenoxy) is 3. The predicted octanol–water partition coefficient (Wildman–Crippen LogP) is 4.08. The average Bonchev–Trinajstić information content (AvgIpc) is 3.02. The van der Waals surface area contributed by atoms with Gasteiger partial charge >= 0.3 is 6.61 Å². The van der Waals surface area contributed by atoms with Gasteiger partial charge in [-0.05, 0) is 18.2 Å². The fourth-order valence-electron chi connectivity index (χ4n) is 3.02. The molecule has 1 heterocycles. The van der Waals surface area contributed by atoms with Gasteiger partial charge in [0.25, 0.3) is 0 Å². The van der Waals surface area contributed by atoms with Crippen molar-refractivity contribution in [1.29, 1.82) is 0 Å². The molecule has 3 rings (SSSR count). The standard InChI is InChI=1S/C19H19F2NO4S/c1-24-14-8-5-9-15(25-2)17(14)18-22(16(23)11-27-18)10-12-6-3-4-7-13(12)26-19(20)21/h3-9,18-19H,10-11H2,1-2H3. The minimum Gasteiger partial charge on any atom is -0.496 e. The van der Waals surface area contributed by atoms with Crippen LogP contribution in [0.25, 0.3) is 0 Å². The van der Waals surface area contributed by atoms with Crippen LogP contribution < -0.4 is 14.2 Å². The molecule has 0 aromatic heterocycles. The molecule has 1 saturated heterocycles. The maximum Gasteiger partial charge on any atom is 0.387 e. The number of hydrogen-bond acceptors (Lipinski definition) is 5. The SMILES string of the molecule is COc1cccc(OC)c1C1SCC(=O)N1Cc1ccccc1OC(F)F. The van der Waals surface area contributed by atoms with Crippen molar-refractivity contribution in [2.24, 2.45) is 0 Å². The average molecular weight is 395 g/mol. The van der Waals surface area contributed by atoms with Crippen molar-refractivity contribution in [2.45, 2.75) is 18.5 Å². The predicted molar refractivity (Wildman–Crippen MR) is 98.4 cm³/mol. The highest BCUT2D eigenvalue weighted by molar-refractivity contribution is 8.00. The zero-order valence-electron chi connectivity index (χ0n) is 14.9. The molecule has 0 aliphatic carbocycles. The number of methoxy groups -OCH3 is 2. The lowest BCUT2D eigenvalue weighted by atomic mass is 10.1. The lowest BCUT2D eigenvalue weighted by molar-refractivity contribution is -0.128. The number of hydrogen-bond donors (Lipinski definition) is 0. The summed E-state index contributed by atoms with van der Waals surface area (Å²) in [6, 6.07) is 11.9. The zero-order chi connectivity index (χ0) is 19.4. The molecule has 27 heavy (non-hydrogen) atoms. The number of alkyl halides is 2. The van der Waals surface area contributed by atoms with Gasteiger partial charge in [-0.25, -0.2) is 0 Å². The van der Waals surface area contributed by atoms with E-state index in [1.54, 1.807) is 55.5 Å². The number of rotatable bonds is 7. The van der Waals surface area contributed by atoms with Crippen LogP contribution in [0.2, 0.25) is 0 Å². The van der Waals surface area contributed by atoms with Gasteiger partial charge in [-0.1, -0.05) is 24.3 Å². The Morgan fingerprint density at radius 2 is 1.70 bits per heavy atom. The lowest BCUT2D eigenvalue weighted by Crippen LogP contribution is -2.28. The summed E-state index contributed by atoms with van der Waals surface area (Å²) >= 11 is 1.44. The summed E-state index contributed by atoms with van der Waals surface area (Å²) < 4.78 is 40.9. The molecule has 0 N–H and O–H groups in total. The summed E-state index contributed by atoms with van der Waals surface area (Å²) in [5.41, 5.74) is 1.25. The molecule has 1 aliphatic heterocycles. The third-order valence-electron chi connectivity index (χ3n) is 4.21. The van der Waals surface area contributed by atoms with Crippen molar-refractivity contribution >= 4 is 17.7 Å². The number of para-hydroxylation sites is 1. The van der Waals surface area contributed by atoms with E-state index in [-0.39, 0.29) is 29.3 Å². The number of amides is 1. The Morgan fingerprint density at radius 3 is 2.33 bits per heavy atom. The minimum absolute atomic E-state index is 0.0583. The molecular weight excluding hydrogens is 376 g/mol. The van der Waals surface area contributed by atoms with Crippen LogP contribution in [-0.2, 0) is 11.3 Å². The van der Waals surface area contributed by atoms with Gasteiger partial charge in [-0.3, -0.25) is 4.79 Å². The summed E-state index contributed by atoms with van der Waals surface area (Å²) in [4.78, 5) is 14.2. The zero-order valence-corrected chi connectivity index (χ0v) is 15.7. The first kappa shape index (κ1) is 19.3. The van der Waals surface area contributed by atoms with E-state index in [1.807, 2.05) is 0 Å². The summed E-state index contributed by atoms with van der Waals surface area (Å²) in [6.45, 7) is -2.79. The molecular formula is C19H19F2NO4S. The first-order chi connectivity index (χ1) is 13.0. The van der Waals surface area contributed by atoms with Crippen molar-refractivity contribution in [2.75, 3.05) is 20.0 Å². The number of carbonyl (C=O) groups excluding carboxylic acids is 1. The van der Waals surface area contributed by atoms with Gasteiger partial charge in [-0.2, -0.15) is 8.78 Å². The van der Waals surface area contributed by atoms with Gasteiger partial charge in [0.1, 0.15) is 22.6 Å². The van der Waals surface area contributed by atoms with Crippen molar-refractivity contribution in [3.63, 3.8) is 0 Å². The maximum absolute atomic E-state index is 12.7. The molecule has 5 nitrogen and oxygen atoms in total. The first-order valence-electron chi connectivity index (χ1n) is 8.19. The Labute approximate surface area is 160 Å². The van der Waals surface area contributed by atoms with E-state index in [2.05, 4.69) is 4.74 Å². The van der Waals surface area contributed by atoms with E-state index in [9.17, 15) is 13.6 Å². The fourth-order valence-corrected chi connectivity index (χ4v) is 4.25. The van der Waals surface area contributed by atoms with Crippen LogP contribution in [0.4, 0.5) is 8.78 Å². The smallest absolute Gasteiger partial charge is 0.387 e. The van der Waals surface area contributed by atoms with Gasteiger partial charge in [0, 0.05) is 5.56 Å². The van der Waals surface area contributed by atoms with Crippen molar-refractivity contribution in [3.8, 4) is 17.2 Å². The number of benzene rings is 2. The molecule has 1 atom stereocenters. The van der Waals surface area contributed by atoms with Gasteiger partial charge < -0.3 is 19.1 Å². The van der Waals surface area contributed by atoms with E-state index < -0.39 is 6.61 Å². The van der Waals surface area contributed by atoms with Crippen LogP contribution in [0, 0.1) is 0 Å². The third kappa shape index (κ3) is 4.10. The van der Waals surface area contributed by atoms with E-state index in [0.29, 0.717) is 17.1 Å². The number of carbonyl (C=O) groups is 1. The molecule has 0 saturated carbocycles. The van der Waals surface area contributed by atoms with E-state index in [0.717, 1.165) is 5.56 Å². The molecule has 144 valence electrons.